The van der Waals surface area contributed by atoms with E-state index in [0.717, 1.165) is 46.5 Å². The molecule has 0 saturated carbocycles. The number of hydrogen-bond donors (Lipinski definition) is 1. The van der Waals surface area contributed by atoms with Gasteiger partial charge in [-0.2, -0.15) is 0 Å². The lowest BCUT2D eigenvalue weighted by Gasteiger charge is -2.44. The van der Waals surface area contributed by atoms with Gasteiger partial charge in [0, 0.05) is 46.9 Å². The van der Waals surface area contributed by atoms with Crippen LogP contribution >= 0.6 is 0 Å². The van der Waals surface area contributed by atoms with Gasteiger partial charge in [0.1, 0.15) is 0 Å². The van der Waals surface area contributed by atoms with Gasteiger partial charge in [-0.25, -0.2) is 0 Å². The molecular formula is C29H37NO4. The number of carbonyl (C=O) groups excluding carboxylic acids is 2. The van der Waals surface area contributed by atoms with Crippen molar-refractivity contribution in [2.24, 2.45) is 10.8 Å². The number of ether oxygens (including phenoxy) is 2. The summed E-state index contributed by atoms with van der Waals surface area (Å²) in [6.45, 7) is 14.9. The van der Waals surface area contributed by atoms with Crippen molar-refractivity contribution in [2.45, 2.75) is 72.6 Å². The molecule has 0 aromatic heterocycles. The van der Waals surface area contributed by atoms with E-state index in [4.69, 9.17) is 9.47 Å². The molecule has 34 heavy (non-hydrogen) atoms. The third-order valence-corrected chi connectivity index (χ3v) is 7.08. The molecule has 1 aromatic carbocycles. The monoisotopic (exact) mass is 463 g/mol. The molecule has 0 bridgehead atoms. The average Bonchev–Trinajstić information content (AvgIpc) is 2.71. The minimum Gasteiger partial charge on any atom is -0.493 e. The largest absolute Gasteiger partial charge is 0.493 e. The standard InChI is InChI=1S/C29H37NO4/c1-8-10-17-11-18(12-23(33-7)27(17)34-9-2)24-25-19(13-28(3,4)15-21(25)31)30-20-14-29(5,6)16-22(32)26(20)24/h8,11-12,24,30H,1,9-10,13-16H2,2-7H3. The Bertz CT molecular complexity index is 1070. The molecule has 1 N–H and O–H groups in total. The minimum absolute atomic E-state index is 0.117. The quantitative estimate of drug-likeness (QED) is 0.541. The van der Waals surface area contributed by atoms with Crippen molar-refractivity contribution in [3.05, 3.63) is 58.5 Å². The van der Waals surface area contributed by atoms with Crippen molar-refractivity contribution in [1.82, 2.24) is 5.32 Å². The lowest BCUT2D eigenvalue weighted by atomic mass is 9.64. The lowest BCUT2D eigenvalue weighted by Crippen LogP contribution is -2.42. The van der Waals surface area contributed by atoms with Crippen molar-refractivity contribution in [2.75, 3.05) is 13.7 Å². The summed E-state index contributed by atoms with van der Waals surface area (Å²) in [5.41, 5.74) is 5.01. The van der Waals surface area contributed by atoms with Gasteiger partial charge in [0.05, 0.1) is 13.7 Å². The third kappa shape index (κ3) is 4.33. The Balaban J connectivity index is 1.96. The molecule has 0 spiro atoms. The normalized spacial score (nSPS) is 21.6. The molecule has 182 valence electrons. The predicted octanol–water partition coefficient (Wildman–Crippen LogP) is 5.80. The third-order valence-electron chi connectivity index (χ3n) is 7.08. The molecule has 5 nitrogen and oxygen atoms in total. The highest BCUT2D eigenvalue weighted by atomic mass is 16.5. The molecule has 0 radical (unpaired) electrons. The summed E-state index contributed by atoms with van der Waals surface area (Å²) in [5, 5.41) is 3.57. The van der Waals surface area contributed by atoms with Crippen LogP contribution in [0.1, 0.15) is 77.3 Å². The molecule has 2 aliphatic carbocycles. The van der Waals surface area contributed by atoms with E-state index in [1.54, 1.807) is 7.11 Å². The lowest BCUT2D eigenvalue weighted by molar-refractivity contribution is -0.119. The van der Waals surface area contributed by atoms with Crippen LogP contribution in [-0.2, 0) is 16.0 Å². The molecule has 0 amide bonds. The Morgan fingerprint density at radius 2 is 1.56 bits per heavy atom. The molecule has 0 unspecified atom stereocenters. The number of allylic oxidation sites excluding steroid dienone is 5. The van der Waals surface area contributed by atoms with Crippen LogP contribution in [0.25, 0.3) is 0 Å². The summed E-state index contributed by atoms with van der Waals surface area (Å²) >= 11 is 0. The number of hydrogen-bond acceptors (Lipinski definition) is 5. The summed E-state index contributed by atoms with van der Waals surface area (Å²) in [7, 11) is 1.62. The highest BCUT2D eigenvalue weighted by molar-refractivity contribution is 6.06. The second-order valence-corrected chi connectivity index (χ2v) is 11.4. The fourth-order valence-corrected chi connectivity index (χ4v) is 5.84. The van der Waals surface area contributed by atoms with E-state index >= 15 is 0 Å². The summed E-state index contributed by atoms with van der Waals surface area (Å²) in [4.78, 5) is 27.1. The van der Waals surface area contributed by atoms with Gasteiger partial charge in [0.2, 0.25) is 0 Å². The van der Waals surface area contributed by atoms with E-state index in [1.165, 1.54) is 0 Å². The van der Waals surface area contributed by atoms with Gasteiger partial charge in [-0.3, -0.25) is 9.59 Å². The summed E-state index contributed by atoms with van der Waals surface area (Å²) in [5.74, 6) is 1.15. The van der Waals surface area contributed by atoms with Crippen LogP contribution in [0, 0.1) is 10.8 Å². The Labute approximate surface area is 203 Å². The fourth-order valence-electron chi connectivity index (χ4n) is 5.84. The summed E-state index contributed by atoms with van der Waals surface area (Å²) < 4.78 is 11.7. The molecule has 1 aromatic rings. The van der Waals surface area contributed by atoms with Crippen LogP contribution in [0.4, 0.5) is 0 Å². The molecule has 0 fully saturated rings. The Morgan fingerprint density at radius 3 is 2.03 bits per heavy atom. The number of rotatable bonds is 6. The minimum atomic E-state index is -0.397. The number of carbonyl (C=O) groups is 2. The van der Waals surface area contributed by atoms with Crippen LogP contribution in [0.15, 0.2) is 47.3 Å². The predicted molar refractivity (Wildman–Crippen MR) is 134 cm³/mol. The van der Waals surface area contributed by atoms with Gasteiger partial charge in [-0.15, -0.1) is 6.58 Å². The number of dihydropyridines is 1. The van der Waals surface area contributed by atoms with Crippen LogP contribution in [0.2, 0.25) is 0 Å². The Kier molecular flexibility index (Phi) is 6.26. The van der Waals surface area contributed by atoms with E-state index in [0.29, 0.717) is 37.4 Å². The maximum atomic E-state index is 13.6. The summed E-state index contributed by atoms with van der Waals surface area (Å²) in [6.07, 6.45) is 4.94. The van der Waals surface area contributed by atoms with Crippen LogP contribution in [0.5, 0.6) is 11.5 Å². The molecular weight excluding hydrogens is 426 g/mol. The van der Waals surface area contributed by atoms with Gasteiger partial charge in [0.15, 0.2) is 23.1 Å². The molecule has 0 saturated heterocycles. The second-order valence-electron chi connectivity index (χ2n) is 11.4. The SMILES string of the molecule is C=CCc1cc(C2C3=C(CC(C)(C)CC3=O)NC3=C2C(=O)CC(C)(C)C3)cc(OC)c1OCC. The van der Waals surface area contributed by atoms with E-state index in [9.17, 15) is 9.59 Å². The summed E-state index contributed by atoms with van der Waals surface area (Å²) in [6, 6.07) is 4.02. The zero-order valence-electron chi connectivity index (χ0n) is 21.4. The molecule has 4 rings (SSSR count). The van der Waals surface area contributed by atoms with Crippen LogP contribution < -0.4 is 14.8 Å². The second kappa shape index (κ2) is 8.75. The first kappa shape index (κ1) is 24.3. The van der Waals surface area contributed by atoms with Crippen molar-refractivity contribution in [3.63, 3.8) is 0 Å². The number of nitrogens with one attached hydrogen (secondary N) is 1. The van der Waals surface area contributed by atoms with Gasteiger partial charge >= 0.3 is 0 Å². The Hall–Kier alpha value is -2.82. The van der Waals surface area contributed by atoms with E-state index in [1.807, 2.05) is 19.1 Å². The first-order valence-corrected chi connectivity index (χ1v) is 12.2. The number of methoxy groups -OCH3 is 1. The van der Waals surface area contributed by atoms with Gasteiger partial charge in [-0.1, -0.05) is 39.8 Å². The smallest absolute Gasteiger partial charge is 0.164 e. The van der Waals surface area contributed by atoms with Crippen molar-refractivity contribution in [1.29, 1.82) is 0 Å². The van der Waals surface area contributed by atoms with E-state index < -0.39 is 5.92 Å². The molecule has 1 aliphatic heterocycles. The zero-order chi connectivity index (χ0) is 24.8. The number of ketones is 2. The van der Waals surface area contributed by atoms with Crippen LogP contribution in [0.3, 0.4) is 0 Å². The number of benzene rings is 1. The fraction of sp³-hybridized carbons (Fsp3) is 0.517. The molecule has 0 atom stereocenters. The Morgan fingerprint density at radius 1 is 1.00 bits per heavy atom. The highest BCUT2D eigenvalue weighted by Gasteiger charge is 2.46. The maximum Gasteiger partial charge on any atom is 0.164 e. The maximum absolute atomic E-state index is 13.6. The van der Waals surface area contributed by atoms with Crippen LogP contribution in [-0.4, -0.2) is 25.3 Å². The van der Waals surface area contributed by atoms with Gasteiger partial charge in [0.25, 0.3) is 0 Å². The van der Waals surface area contributed by atoms with Gasteiger partial charge < -0.3 is 14.8 Å². The van der Waals surface area contributed by atoms with E-state index in [-0.39, 0.29) is 22.4 Å². The zero-order valence-corrected chi connectivity index (χ0v) is 21.4. The van der Waals surface area contributed by atoms with Crippen molar-refractivity contribution >= 4 is 11.6 Å². The first-order chi connectivity index (χ1) is 16.0. The highest BCUT2D eigenvalue weighted by Crippen LogP contribution is 2.52. The van der Waals surface area contributed by atoms with Crippen molar-refractivity contribution in [3.8, 4) is 11.5 Å². The van der Waals surface area contributed by atoms with Crippen molar-refractivity contribution < 1.29 is 19.1 Å². The first-order valence-electron chi connectivity index (χ1n) is 12.2. The molecule has 1 heterocycles. The van der Waals surface area contributed by atoms with E-state index in [2.05, 4.69) is 45.7 Å². The molecule has 5 heteroatoms. The average molecular weight is 464 g/mol. The number of Topliss-reactive ketones (excluding diaryl/α,β-unsaturated/α-hetero) is 2. The molecule has 3 aliphatic rings. The topological polar surface area (TPSA) is 64.6 Å². The van der Waals surface area contributed by atoms with Gasteiger partial charge in [-0.05, 0) is 48.6 Å².